The van der Waals surface area contributed by atoms with Crippen molar-refractivity contribution < 1.29 is 22.8 Å². The van der Waals surface area contributed by atoms with E-state index in [0.717, 1.165) is 21.3 Å². The standard InChI is InChI=1S/C32H33F3N8O3/c1-21-28(26-13-16-37-43(26)24-11-9-23(36-3)10-12-24)42(30(46)41(21)25-8-6-7-22(19-25)32(33,34)35)29(45)38-31(2)14-17-40(18-15-31)27(44)20-39(4)5/h6-13,16,19H,14-15,17-18,20H2,1-2,4-5H3,(H,38,45). The first-order valence-electron chi connectivity index (χ1n) is 14.5. The average molecular weight is 635 g/mol. The Morgan fingerprint density at radius 2 is 1.74 bits per heavy atom. The van der Waals surface area contributed by atoms with E-state index < -0.39 is 29.0 Å². The number of amides is 2. The van der Waals surface area contributed by atoms with Crippen molar-refractivity contribution in [2.24, 2.45) is 0 Å². The van der Waals surface area contributed by atoms with Crippen molar-refractivity contribution in [3.8, 4) is 22.8 Å². The van der Waals surface area contributed by atoms with Crippen LogP contribution in [-0.4, -0.2) is 79.9 Å². The number of likely N-dealkylation sites (tertiary alicyclic amines) is 1. The van der Waals surface area contributed by atoms with Gasteiger partial charge in [-0.2, -0.15) is 18.3 Å². The molecule has 0 atom stereocenters. The van der Waals surface area contributed by atoms with E-state index in [4.69, 9.17) is 6.57 Å². The molecule has 0 unspecified atom stereocenters. The van der Waals surface area contributed by atoms with Crippen molar-refractivity contribution >= 4 is 17.6 Å². The predicted octanol–water partition coefficient (Wildman–Crippen LogP) is 4.87. The van der Waals surface area contributed by atoms with E-state index in [2.05, 4.69) is 15.3 Å². The third kappa shape index (κ3) is 6.32. The van der Waals surface area contributed by atoms with Gasteiger partial charge in [-0.25, -0.2) is 23.7 Å². The highest BCUT2D eigenvalue weighted by molar-refractivity contribution is 5.84. The summed E-state index contributed by atoms with van der Waals surface area (Å²) in [5.74, 6) is -0.0247. The lowest BCUT2D eigenvalue weighted by molar-refractivity contribution is -0.137. The summed E-state index contributed by atoms with van der Waals surface area (Å²) in [4.78, 5) is 47.7. The van der Waals surface area contributed by atoms with Crippen molar-refractivity contribution in [3.63, 3.8) is 0 Å². The zero-order chi connectivity index (χ0) is 33.4. The second kappa shape index (κ2) is 12.3. The van der Waals surface area contributed by atoms with Gasteiger partial charge >= 0.3 is 17.9 Å². The molecule has 2 aromatic carbocycles. The van der Waals surface area contributed by atoms with E-state index in [0.29, 0.717) is 43.0 Å². The number of piperidine rings is 1. The Balaban J connectivity index is 1.59. The number of hydrogen-bond acceptors (Lipinski definition) is 5. The van der Waals surface area contributed by atoms with Crippen LogP contribution >= 0.6 is 0 Å². The predicted molar refractivity (Wildman–Crippen MR) is 165 cm³/mol. The van der Waals surface area contributed by atoms with Crippen LogP contribution in [0.1, 0.15) is 31.0 Å². The average Bonchev–Trinajstić information content (AvgIpc) is 3.58. The summed E-state index contributed by atoms with van der Waals surface area (Å²) in [5, 5.41) is 7.36. The highest BCUT2D eigenvalue weighted by Gasteiger charge is 2.36. The zero-order valence-electron chi connectivity index (χ0n) is 25.8. The Labute approximate surface area is 263 Å². The molecule has 46 heavy (non-hydrogen) atoms. The zero-order valence-corrected chi connectivity index (χ0v) is 25.8. The molecular weight excluding hydrogens is 601 g/mol. The molecule has 14 heteroatoms. The number of carbonyl (C=O) groups is 2. The normalized spacial score (nSPS) is 14.7. The van der Waals surface area contributed by atoms with Crippen LogP contribution in [0, 0.1) is 13.5 Å². The maximum Gasteiger partial charge on any atom is 0.416 e. The summed E-state index contributed by atoms with van der Waals surface area (Å²) < 4.78 is 44.4. The first-order chi connectivity index (χ1) is 21.7. The number of halogens is 3. The van der Waals surface area contributed by atoms with Gasteiger partial charge in [0.05, 0.1) is 47.6 Å². The number of rotatable bonds is 6. The summed E-state index contributed by atoms with van der Waals surface area (Å²) in [5.41, 5.74) is -1.00. The van der Waals surface area contributed by atoms with Gasteiger partial charge in [-0.3, -0.25) is 9.36 Å². The molecule has 5 rings (SSSR count). The molecule has 0 saturated carbocycles. The van der Waals surface area contributed by atoms with Crippen LogP contribution in [0.25, 0.3) is 27.6 Å². The Bertz CT molecular complexity index is 1870. The molecule has 3 heterocycles. The molecule has 0 aliphatic carbocycles. The Morgan fingerprint density at radius 1 is 1.07 bits per heavy atom. The van der Waals surface area contributed by atoms with Crippen LogP contribution in [0.15, 0.2) is 65.6 Å². The van der Waals surface area contributed by atoms with Gasteiger partial charge in [-0.05, 0) is 77.2 Å². The topological polar surface area (TPSA) is 102 Å². The second-order valence-electron chi connectivity index (χ2n) is 11.8. The number of hydrogen-bond donors (Lipinski definition) is 1. The third-order valence-corrected chi connectivity index (χ3v) is 8.11. The fraction of sp³-hybridized carbons (Fsp3) is 0.344. The summed E-state index contributed by atoms with van der Waals surface area (Å²) in [6.45, 7) is 11.7. The van der Waals surface area contributed by atoms with Crippen molar-refractivity contribution in [1.82, 2.24) is 34.0 Å². The summed E-state index contributed by atoms with van der Waals surface area (Å²) in [6, 6.07) is 11.7. The monoisotopic (exact) mass is 634 g/mol. The van der Waals surface area contributed by atoms with E-state index in [1.807, 2.05) is 21.0 Å². The number of aromatic nitrogens is 4. The molecule has 1 N–H and O–H groups in total. The summed E-state index contributed by atoms with van der Waals surface area (Å²) >= 11 is 0. The van der Waals surface area contributed by atoms with Gasteiger partial charge in [0.25, 0.3) is 0 Å². The van der Waals surface area contributed by atoms with Crippen LogP contribution in [0.3, 0.4) is 0 Å². The van der Waals surface area contributed by atoms with Gasteiger partial charge in [0.1, 0.15) is 5.69 Å². The largest absolute Gasteiger partial charge is 0.416 e. The molecule has 11 nitrogen and oxygen atoms in total. The first kappa shape index (κ1) is 32.2. The Hall–Kier alpha value is -5.16. The highest BCUT2D eigenvalue weighted by atomic mass is 19.4. The molecule has 1 aliphatic heterocycles. The molecule has 0 bridgehead atoms. The lowest BCUT2D eigenvalue weighted by atomic mass is 9.89. The summed E-state index contributed by atoms with van der Waals surface area (Å²) in [6.07, 6.45) is -2.31. The fourth-order valence-corrected chi connectivity index (χ4v) is 5.64. The molecule has 2 amide bonds. The van der Waals surface area contributed by atoms with Crippen molar-refractivity contribution in [3.05, 3.63) is 94.0 Å². The molecule has 0 spiro atoms. The lowest BCUT2D eigenvalue weighted by Gasteiger charge is -2.40. The molecule has 240 valence electrons. The fourth-order valence-electron chi connectivity index (χ4n) is 5.64. The van der Waals surface area contributed by atoms with Gasteiger partial charge < -0.3 is 15.1 Å². The van der Waals surface area contributed by atoms with Gasteiger partial charge in [-0.15, -0.1) is 0 Å². The maximum absolute atomic E-state index is 14.1. The van der Waals surface area contributed by atoms with Gasteiger partial charge in [-0.1, -0.05) is 18.2 Å². The maximum atomic E-state index is 14.1. The van der Waals surface area contributed by atoms with E-state index >= 15 is 0 Å². The molecular formula is C32H33F3N8O3. The lowest BCUT2D eigenvalue weighted by Crippen LogP contribution is -2.56. The minimum Gasteiger partial charge on any atom is -0.341 e. The van der Waals surface area contributed by atoms with E-state index in [9.17, 15) is 27.6 Å². The third-order valence-electron chi connectivity index (χ3n) is 8.11. The molecule has 0 radical (unpaired) electrons. The Morgan fingerprint density at radius 3 is 2.35 bits per heavy atom. The van der Waals surface area contributed by atoms with Gasteiger partial charge in [0.15, 0.2) is 5.69 Å². The number of alkyl halides is 3. The van der Waals surface area contributed by atoms with E-state index in [1.165, 1.54) is 23.0 Å². The minimum atomic E-state index is -4.65. The van der Waals surface area contributed by atoms with Crippen molar-refractivity contribution in [1.29, 1.82) is 0 Å². The molecule has 2 aromatic heterocycles. The van der Waals surface area contributed by atoms with Crippen LogP contribution in [0.4, 0.5) is 23.7 Å². The van der Waals surface area contributed by atoms with Gasteiger partial charge in [0.2, 0.25) is 5.91 Å². The molecule has 1 aliphatic rings. The number of likely N-dealkylation sites (N-methyl/N-ethyl adjacent to an activating group) is 1. The molecule has 4 aromatic rings. The number of carbonyl (C=O) groups excluding carboxylic acids is 2. The van der Waals surface area contributed by atoms with Crippen LogP contribution in [0.2, 0.25) is 0 Å². The van der Waals surface area contributed by atoms with Crippen LogP contribution in [-0.2, 0) is 11.0 Å². The van der Waals surface area contributed by atoms with E-state index in [-0.39, 0.29) is 29.5 Å². The summed E-state index contributed by atoms with van der Waals surface area (Å²) in [7, 11) is 3.62. The van der Waals surface area contributed by atoms with E-state index in [1.54, 1.807) is 47.1 Å². The molecule has 1 fully saturated rings. The number of nitrogens with one attached hydrogen (secondary N) is 1. The number of nitrogens with zero attached hydrogens (tertiary/aromatic N) is 7. The highest BCUT2D eigenvalue weighted by Crippen LogP contribution is 2.32. The number of imidazole rings is 1. The number of benzene rings is 2. The van der Waals surface area contributed by atoms with Crippen LogP contribution < -0.4 is 11.0 Å². The molecule has 1 saturated heterocycles. The van der Waals surface area contributed by atoms with Crippen LogP contribution in [0.5, 0.6) is 0 Å². The van der Waals surface area contributed by atoms with Crippen molar-refractivity contribution in [2.45, 2.75) is 38.4 Å². The minimum absolute atomic E-state index is 0.0247. The Kier molecular flexibility index (Phi) is 8.64. The van der Waals surface area contributed by atoms with Gasteiger partial charge in [0, 0.05) is 18.6 Å². The van der Waals surface area contributed by atoms with Crippen molar-refractivity contribution in [2.75, 3.05) is 33.7 Å². The smallest absolute Gasteiger partial charge is 0.341 e. The first-order valence-corrected chi connectivity index (χ1v) is 14.5. The SMILES string of the molecule is [C-]#[N+]c1ccc(-n2nccc2-c2c(C)n(-c3cccc(C(F)(F)F)c3)c(=O)n2C(=O)NC2(C)CCN(C(=O)CN(C)C)CC2)cc1. The quantitative estimate of drug-likeness (QED) is 0.305. The second-order valence-corrected chi connectivity index (χ2v) is 11.8.